The first-order valence-electron chi connectivity index (χ1n) is 6.48. The highest BCUT2D eigenvalue weighted by molar-refractivity contribution is 5.80. The Bertz CT molecular complexity index is 562. The van der Waals surface area contributed by atoms with E-state index in [9.17, 15) is 4.79 Å². The first-order chi connectivity index (χ1) is 8.83. The number of aromatic nitrogens is 2. The highest BCUT2D eigenvalue weighted by Crippen LogP contribution is 2.06. The lowest BCUT2D eigenvalue weighted by Gasteiger charge is -2.06. The summed E-state index contributed by atoms with van der Waals surface area (Å²) in [5.41, 5.74) is 0.0107. The monoisotopic (exact) mass is 245 g/mol. The van der Waals surface area contributed by atoms with Crippen molar-refractivity contribution in [2.24, 2.45) is 0 Å². The maximum atomic E-state index is 12.1. The molecule has 2 rings (SSSR count). The Hall–Kier alpha value is -1.68. The van der Waals surface area contributed by atoms with Crippen LogP contribution < -0.4 is 10.9 Å². The van der Waals surface area contributed by atoms with Crippen LogP contribution in [-0.2, 0) is 6.54 Å². The van der Waals surface area contributed by atoms with E-state index in [1.807, 2.05) is 24.3 Å². The molecule has 0 aliphatic rings. The molecule has 96 valence electrons. The van der Waals surface area contributed by atoms with Crippen LogP contribution in [0.3, 0.4) is 0 Å². The number of rotatable bonds is 6. The summed E-state index contributed by atoms with van der Waals surface area (Å²) in [7, 11) is 0. The second-order valence-corrected chi connectivity index (χ2v) is 4.32. The Morgan fingerprint density at radius 1 is 1.28 bits per heavy atom. The SMILES string of the molecule is CCNCCCCn1ncc2ccccc2c1=O. The largest absolute Gasteiger partial charge is 0.317 e. The Labute approximate surface area is 107 Å². The summed E-state index contributed by atoms with van der Waals surface area (Å²) in [6, 6.07) is 7.58. The molecule has 1 aromatic heterocycles. The van der Waals surface area contributed by atoms with Gasteiger partial charge in [-0.1, -0.05) is 25.1 Å². The lowest BCUT2D eigenvalue weighted by atomic mass is 10.2. The number of aryl methyl sites for hydroxylation is 1. The molecule has 1 N–H and O–H groups in total. The van der Waals surface area contributed by atoms with Gasteiger partial charge in [-0.3, -0.25) is 4.79 Å². The predicted octanol–water partition coefficient (Wildman–Crippen LogP) is 1.79. The standard InChI is InChI=1S/C14H19N3O/c1-2-15-9-5-6-10-17-14(18)13-8-4-3-7-12(13)11-16-17/h3-4,7-8,11,15H,2,5-6,9-10H2,1H3. The lowest BCUT2D eigenvalue weighted by molar-refractivity contribution is 0.522. The quantitative estimate of drug-likeness (QED) is 0.789. The summed E-state index contributed by atoms with van der Waals surface area (Å²) in [5.74, 6) is 0. The Balaban J connectivity index is 2.05. The van der Waals surface area contributed by atoms with Crippen molar-refractivity contribution in [3.05, 3.63) is 40.8 Å². The summed E-state index contributed by atoms with van der Waals surface area (Å²) in [6.07, 6.45) is 3.80. The zero-order valence-electron chi connectivity index (χ0n) is 10.7. The van der Waals surface area contributed by atoms with Crippen molar-refractivity contribution in [3.8, 4) is 0 Å². The van der Waals surface area contributed by atoms with Crippen molar-refractivity contribution in [3.63, 3.8) is 0 Å². The van der Waals surface area contributed by atoms with E-state index in [1.165, 1.54) is 0 Å². The van der Waals surface area contributed by atoms with Gasteiger partial charge >= 0.3 is 0 Å². The molecule has 0 aliphatic carbocycles. The molecule has 0 aliphatic heterocycles. The molecule has 4 nitrogen and oxygen atoms in total. The van der Waals surface area contributed by atoms with Crippen molar-refractivity contribution < 1.29 is 0 Å². The third-order valence-electron chi connectivity index (χ3n) is 2.99. The van der Waals surface area contributed by atoms with E-state index in [-0.39, 0.29) is 5.56 Å². The summed E-state index contributed by atoms with van der Waals surface area (Å²) >= 11 is 0. The molecule has 0 unspecified atom stereocenters. The number of hydrogen-bond acceptors (Lipinski definition) is 3. The van der Waals surface area contributed by atoms with Crippen LogP contribution in [0.4, 0.5) is 0 Å². The zero-order valence-corrected chi connectivity index (χ0v) is 10.7. The van der Waals surface area contributed by atoms with Gasteiger partial charge in [0, 0.05) is 11.9 Å². The van der Waals surface area contributed by atoms with E-state index in [0.29, 0.717) is 6.54 Å². The molecular weight excluding hydrogens is 226 g/mol. The van der Waals surface area contributed by atoms with Crippen LogP contribution in [-0.4, -0.2) is 22.9 Å². The van der Waals surface area contributed by atoms with Gasteiger partial charge in [0.05, 0.1) is 11.6 Å². The maximum Gasteiger partial charge on any atom is 0.274 e. The first kappa shape index (κ1) is 12.8. The van der Waals surface area contributed by atoms with Gasteiger partial charge in [-0.2, -0.15) is 5.10 Å². The fourth-order valence-corrected chi connectivity index (χ4v) is 1.98. The minimum atomic E-state index is 0.0107. The lowest BCUT2D eigenvalue weighted by Crippen LogP contribution is -2.23. The Morgan fingerprint density at radius 3 is 2.94 bits per heavy atom. The average Bonchev–Trinajstić information content (AvgIpc) is 2.41. The number of nitrogens with one attached hydrogen (secondary N) is 1. The third-order valence-corrected chi connectivity index (χ3v) is 2.99. The molecule has 1 heterocycles. The van der Waals surface area contributed by atoms with Gasteiger partial charge in [0.1, 0.15) is 0 Å². The van der Waals surface area contributed by atoms with E-state index in [0.717, 1.165) is 36.7 Å². The second kappa shape index (κ2) is 6.31. The first-order valence-corrected chi connectivity index (χ1v) is 6.48. The molecular formula is C14H19N3O. The summed E-state index contributed by atoms with van der Waals surface area (Å²) in [4.78, 5) is 12.1. The number of benzene rings is 1. The second-order valence-electron chi connectivity index (χ2n) is 4.32. The van der Waals surface area contributed by atoms with Gasteiger partial charge in [-0.05, 0) is 32.0 Å². The van der Waals surface area contributed by atoms with Crippen LogP contribution in [0.1, 0.15) is 19.8 Å². The minimum absolute atomic E-state index is 0.0107. The molecule has 0 bridgehead atoms. The molecule has 0 atom stereocenters. The maximum absolute atomic E-state index is 12.1. The van der Waals surface area contributed by atoms with Crippen LogP contribution >= 0.6 is 0 Å². The van der Waals surface area contributed by atoms with Crippen molar-refractivity contribution in [2.75, 3.05) is 13.1 Å². The molecule has 0 spiro atoms. The van der Waals surface area contributed by atoms with Crippen molar-refractivity contribution >= 4 is 10.8 Å². The molecule has 0 fully saturated rings. The molecule has 2 aromatic rings. The van der Waals surface area contributed by atoms with Gasteiger partial charge in [0.15, 0.2) is 0 Å². The normalized spacial score (nSPS) is 10.9. The molecule has 0 saturated heterocycles. The van der Waals surface area contributed by atoms with Crippen LogP contribution in [0.5, 0.6) is 0 Å². The van der Waals surface area contributed by atoms with Gasteiger partial charge in [0.25, 0.3) is 5.56 Å². The van der Waals surface area contributed by atoms with E-state index in [4.69, 9.17) is 0 Å². The fourth-order valence-electron chi connectivity index (χ4n) is 1.98. The van der Waals surface area contributed by atoms with Crippen LogP contribution in [0, 0.1) is 0 Å². The molecule has 0 radical (unpaired) electrons. The van der Waals surface area contributed by atoms with Crippen LogP contribution in [0.25, 0.3) is 10.8 Å². The van der Waals surface area contributed by atoms with E-state index >= 15 is 0 Å². The number of unbranched alkanes of at least 4 members (excludes halogenated alkanes) is 1. The summed E-state index contributed by atoms with van der Waals surface area (Å²) < 4.78 is 1.56. The van der Waals surface area contributed by atoms with Crippen molar-refractivity contribution in [1.82, 2.24) is 15.1 Å². The van der Waals surface area contributed by atoms with E-state index < -0.39 is 0 Å². The number of fused-ring (bicyclic) bond motifs is 1. The zero-order chi connectivity index (χ0) is 12.8. The average molecular weight is 245 g/mol. The number of hydrogen-bond donors (Lipinski definition) is 1. The van der Waals surface area contributed by atoms with Gasteiger partial charge in [-0.15, -0.1) is 0 Å². The molecule has 4 heteroatoms. The summed E-state index contributed by atoms with van der Waals surface area (Å²) in [6.45, 7) is 4.78. The molecule has 18 heavy (non-hydrogen) atoms. The molecule has 1 aromatic carbocycles. The highest BCUT2D eigenvalue weighted by atomic mass is 16.1. The Morgan fingerprint density at radius 2 is 2.11 bits per heavy atom. The fraction of sp³-hybridized carbons (Fsp3) is 0.429. The van der Waals surface area contributed by atoms with Gasteiger partial charge < -0.3 is 5.32 Å². The van der Waals surface area contributed by atoms with Gasteiger partial charge in [0.2, 0.25) is 0 Å². The smallest absolute Gasteiger partial charge is 0.274 e. The highest BCUT2D eigenvalue weighted by Gasteiger charge is 2.02. The molecule has 0 amide bonds. The number of nitrogens with zero attached hydrogens (tertiary/aromatic N) is 2. The van der Waals surface area contributed by atoms with E-state index in [2.05, 4.69) is 17.3 Å². The van der Waals surface area contributed by atoms with Crippen molar-refractivity contribution in [1.29, 1.82) is 0 Å². The predicted molar refractivity (Wildman–Crippen MR) is 73.8 cm³/mol. The minimum Gasteiger partial charge on any atom is -0.317 e. The van der Waals surface area contributed by atoms with Crippen LogP contribution in [0.2, 0.25) is 0 Å². The van der Waals surface area contributed by atoms with E-state index in [1.54, 1.807) is 10.9 Å². The van der Waals surface area contributed by atoms with Crippen molar-refractivity contribution in [2.45, 2.75) is 26.3 Å². The topological polar surface area (TPSA) is 46.9 Å². The Kier molecular flexibility index (Phi) is 4.47. The van der Waals surface area contributed by atoms with Crippen LogP contribution in [0.15, 0.2) is 35.3 Å². The summed E-state index contributed by atoms with van der Waals surface area (Å²) in [5, 5.41) is 9.14. The van der Waals surface area contributed by atoms with Gasteiger partial charge in [-0.25, -0.2) is 4.68 Å². The third kappa shape index (κ3) is 2.96. The molecule has 0 saturated carbocycles.